The van der Waals surface area contributed by atoms with Crippen molar-refractivity contribution >= 4 is 36.5 Å². The summed E-state index contributed by atoms with van der Waals surface area (Å²) in [5.74, 6) is 2.39. The summed E-state index contributed by atoms with van der Waals surface area (Å²) < 4.78 is 39.0. The molecule has 8 nitrogen and oxygen atoms in total. The number of pyridine rings is 4. The molecule has 4 rings (SSSR count). The third-order valence-corrected chi connectivity index (χ3v) is 3.17. The van der Waals surface area contributed by atoms with Gasteiger partial charge in [-0.15, -0.1) is 0 Å². The maximum absolute atomic E-state index is 9.75. The topological polar surface area (TPSA) is 113 Å². The summed E-state index contributed by atoms with van der Waals surface area (Å²) in [5.41, 5.74) is 0. The van der Waals surface area contributed by atoms with Gasteiger partial charge in [0.25, 0.3) is 5.97 Å². The van der Waals surface area contributed by atoms with Crippen molar-refractivity contribution in [1.29, 1.82) is 0 Å². The fraction of sp³-hybridized carbons (Fsp3) is 0.0455. The van der Waals surface area contributed by atoms with Gasteiger partial charge in [-0.3, -0.25) is 4.79 Å². The van der Waals surface area contributed by atoms with Crippen LogP contribution in [0.3, 0.4) is 0 Å². The van der Waals surface area contributed by atoms with Gasteiger partial charge in [-0.1, -0.05) is 24.3 Å². The van der Waals surface area contributed by atoms with Crippen molar-refractivity contribution in [2.24, 2.45) is 0 Å². The molecule has 0 saturated heterocycles. The minimum atomic E-state index is -6.00. The molecule has 4 aromatic rings. The van der Waals surface area contributed by atoms with E-state index in [-0.39, 0.29) is 17.1 Å². The summed E-state index contributed by atoms with van der Waals surface area (Å²) in [4.78, 5) is 25.5. The van der Waals surface area contributed by atoms with Crippen LogP contribution in [0.5, 0.6) is 0 Å². The Kier molecular flexibility index (Phi) is 16.3. The van der Waals surface area contributed by atoms with Crippen molar-refractivity contribution < 1.29 is 44.2 Å². The van der Waals surface area contributed by atoms with E-state index in [4.69, 9.17) is 9.90 Å². The van der Waals surface area contributed by atoms with Crippen LogP contribution in [-0.2, 0) is 21.9 Å². The molecule has 0 aliphatic rings. The number of rotatable bonds is 4. The fourth-order valence-corrected chi connectivity index (χ4v) is 2.01. The number of anilines is 4. The molecule has 0 fully saturated rings. The van der Waals surface area contributed by atoms with E-state index in [1.54, 1.807) is 24.8 Å². The summed E-state index contributed by atoms with van der Waals surface area (Å²) in [6, 6.07) is 22.8. The van der Waals surface area contributed by atoms with Crippen LogP contribution in [-0.4, -0.2) is 38.3 Å². The van der Waals surface area contributed by atoms with Crippen LogP contribution in [0.25, 0.3) is 0 Å². The number of carboxylic acid groups (broad SMARTS) is 1. The fourth-order valence-electron chi connectivity index (χ4n) is 2.01. The summed E-state index contributed by atoms with van der Waals surface area (Å²) in [5, 5.41) is 13.6. The van der Waals surface area contributed by atoms with E-state index < -0.39 is 13.2 Å². The molecular weight excluding hydrogens is 531 g/mol. The van der Waals surface area contributed by atoms with Gasteiger partial charge in [0.05, 0.1) is 0 Å². The second-order valence-electron chi connectivity index (χ2n) is 6.12. The van der Waals surface area contributed by atoms with Gasteiger partial charge in [0.1, 0.15) is 23.3 Å². The van der Waals surface area contributed by atoms with Crippen LogP contribution in [0.4, 0.5) is 40.5 Å². The van der Waals surface area contributed by atoms with Gasteiger partial charge in [0.15, 0.2) is 0 Å². The van der Waals surface area contributed by atoms with Crippen molar-refractivity contribution in [2.75, 3.05) is 10.6 Å². The van der Waals surface area contributed by atoms with Gasteiger partial charge >= 0.3 is 24.3 Å². The van der Waals surface area contributed by atoms with Crippen molar-refractivity contribution in [3.05, 3.63) is 97.6 Å². The van der Waals surface area contributed by atoms with E-state index in [1.165, 1.54) is 0 Å². The Hall–Kier alpha value is -4.03. The van der Waals surface area contributed by atoms with Gasteiger partial charge in [-0.05, 0) is 48.5 Å². The van der Waals surface area contributed by atoms with Gasteiger partial charge < -0.3 is 33.0 Å². The molecule has 194 valence electrons. The monoisotopic (exact) mass is 552 g/mol. The minimum Gasteiger partial charge on any atom is -0.481 e. The Labute approximate surface area is 215 Å². The molecule has 36 heavy (non-hydrogen) atoms. The molecule has 0 aromatic carbocycles. The molecular formula is C22H22BCuF4N6O2. The number of nitrogens with one attached hydrogen (secondary N) is 2. The molecule has 0 bridgehead atoms. The van der Waals surface area contributed by atoms with E-state index in [1.807, 2.05) is 72.8 Å². The van der Waals surface area contributed by atoms with E-state index in [9.17, 15) is 17.3 Å². The van der Waals surface area contributed by atoms with Crippen LogP contribution in [0.2, 0.25) is 0 Å². The third-order valence-electron chi connectivity index (χ3n) is 3.17. The summed E-state index contributed by atoms with van der Waals surface area (Å²) in [7, 11) is -6.00. The first-order valence-corrected chi connectivity index (χ1v) is 9.88. The Balaban J connectivity index is 0.000000504. The van der Waals surface area contributed by atoms with Crippen LogP contribution in [0.15, 0.2) is 97.6 Å². The molecule has 0 radical (unpaired) electrons. The Bertz CT molecular complexity index is 925. The van der Waals surface area contributed by atoms with E-state index >= 15 is 0 Å². The molecule has 4 aromatic heterocycles. The molecule has 0 amide bonds. The Morgan fingerprint density at radius 3 is 0.972 bits per heavy atom. The predicted molar refractivity (Wildman–Crippen MR) is 127 cm³/mol. The number of nitrogens with zero attached hydrogens (tertiary/aromatic N) is 4. The van der Waals surface area contributed by atoms with Gasteiger partial charge in [-0.2, -0.15) is 0 Å². The van der Waals surface area contributed by atoms with E-state index in [2.05, 4.69) is 30.6 Å². The summed E-state index contributed by atoms with van der Waals surface area (Å²) in [6.07, 6.45) is 6.97. The summed E-state index contributed by atoms with van der Waals surface area (Å²) >= 11 is 0. The number of halogens is 4. The smallest absolute Gasteiger partial charge is 0.481 e. The zero-order chi connectivity index (χ0) is 25.9. The number of hydrogen-bond acceptors (Lipinski definition) is 7. The zero-order valence-electron chi connectivity index (χ0n) is 18.8. The number of aromatic nitrogens is 4. The van der Waals surface area contributed by atoms with Gasteiger partial charge in [-0.25, -0.2) is 19.9 Å². The molecule has 4 heterocycles. The van der Waals surface area contributed by atoms with Crippen LogP contribution in [0, 0.1) is 0 Å². The Morgan fingerprint density at radius 2 is 0.833 bits per heavy atom. The van der Waals surface area contributed by atoms with Crippen molar-refractivity contribution in [2.45, 2.75) is 6.92 Å². The molecule has 0 spiro atoms. The molecule has 0 saturated carbocycles. The molecule has 0 aliphatic carbocycles. The zero-order valence-corrected chi connectivity index (χ0v) is 19.7. The number of hydrogen-bond donors (Lipinski definition) is 3. The largest absolute Gasteiger partial charge is 1.00 e. The first-order valence-electron chi connectivity index (χ1n) is 9.88. The average Bonchev–Trinajstić information content (AvgIpc) is 2.81. The quantitative estimate of drug-likeness (QED) is 0.214. The molecule has 0 atom stereocenters. The second-order valence-corrected chi connectivity index (χ2v) is 6.12. The number of carboxylic acids is 1. The van der Waals surface area contributed by atoms with Crippen LogP contribution >= 0.6 is 0 Å². The van der Waals surface area contributed by atoms with Crippen LogP contribution in [0.1, 0.15) is 6.92 Å². The molecule has 0 aliphatic heterocycles. The first-order chi connectivity index (χ1) is 16.6. The van der Waals surface area contributed by atoms with E-state index in [0.29, 0.717) is 0 Å². The van der Waals surface area contributed by atoms with Crippen LogP contribution < -0.4 is 10.6 Å². The standard InChI is InChI=1S/2C10H9N3.C2H4O2.BF4.Cu/c2*1-3-7-11-9(5-1)13-10-6-2-4-8-12-10;1-2(3)4;2-1(3,4)5;/h2*1-8H,(H,11,12,13);1H3,(H,3,4);;/q;;;-1;+1. The normalized spacial score (nSPS) is 9.25. The SMILES string of the molecule is CC(=O)O.F[B-](F)(F)F.[Cu+].c1ccc(Nc2ccccn2)nc1.c1ccc(Nc2ccccn2)nc1. The number of carbonyl (C=O) groups is 1. The minimum absolute atomic E-state index is 0. The maximum atomic E-state index is 9.75. The second kappa shape index (κ2) is 18.3. The maximum Gasteiger partial charge on any atom is 1.00 e. The number of aliphatic carboxylic acids is 1. The molecule has 0 unspecified atom stereocenters. The average molecular weight is 553 g/mol. The van der Waals surface area contributed by atoms with Crippen molar-refractivity contribution in [3.8, 4) is 0 Å². The van der Waals surface area contributed by atoms with Gasteiger partial charge in [0, 0.05) is 31.7 Å². The van der Waals surface area contributed by atoms with Gasteiger partial charge in [0.2, 0.25) is 0 Å². The predicted octanol–water partition coefficient (Wildman–Crippen LogP) is 5.83. The van der Waals surface area contributed by atoms with Crippen molar-refractivity contribution in [1.82, 2.24) is 19.9 Å². The first kappa shape index (κ1) is 32.0. The summed E-state index contributed by atoms with van der Waals surface area (Å²) in [6.45, 7) is 1.08. The third kappa shape index (κ3) is 19.4. The molecule has 3 N–H and O–H groups in total. The molecule has 14 heteroatoms. The van der Waals surface area contributed by atoms with E-state index in [0.717, 1.165) is 30.2 Å². The van der Waals surface area contributed by atoms with Crippen molar-refractivity contribution in [3.63, 3.8) is 0 Å². The Morgan fingerprint density at radius 1 is 0.639 bits per heavy atom.